The zero-order valence-corrected chi connectivity index (χ0v) is 26.8. The van der Waals surface area contributed by atoms with Crippen molar-refractivity contribution in [3.05, 3.63) is 156 Å². The van der Waals surface area contributed by atoms with Crippen LogP contribution in [-0.4, -0.2) is 21.4 Å². The SMILES string of the molecule is CC(C)(O)C(C)(C)O.N/C(=C\Cc1ccc(-c2ccccc2)cc1)c1ccc(-c2cccc(N)c2)cc1.NCc1ccccc1. The van der Waals surface area contributed by atoms with E-state index in [4.69, 9.17) is 27.4 Å². The van der Waals surface area contributed by atoms with Gasteiger partial charge in [0.05, 0.1) is 11.2 Å². The number of aliphatic hydroxyl groups is 2. The third kappa shape index (κ3) is 11.4. The fourth-order valence-electron chi connectivity index (χ4n) is 4.00. The minimum Gasteiger partial charge on any atom is -0.399 e. The van der Waals surface area contributed by atoms with E-state index in [-0.39, 0.29) is 0 Å². The fourth-order valence-corrected chi connectivity index (χ4v) is 4.00. The maximum Gasteiger partial charge on any atom is 0.0872 e. The van der Waals surface area contributed by atoms with E-state index in [1.807, 2.05) is 54.6 Å². The number of hydrogen-bond donors (Lipinski definition) is 5. The standard InChI is InChI=1S/C27H24N2.C7H9N.C6H14O2/c28-26-8-4-7-25(19-26)23-14-16-24(17-15-23)27(29)18-11-20-9-12-22(13-10-20)21-5-2-1-3-6-21;8-6-7-4-2-1-3-5-7;1-5(2,7)6(3,4)8/h1-10,12-19H,11,28-29H2;1-5H,6,8H2;7-8H,1-4H3/b27-18-;;. The molecule has 0 aromatic heterocycles. The van der Waals surface area contributed by atoms with E-state index < -0.39 is 11.2 Å². The van der Waals surface area contributed by atoms with E-state index in [9.17, 15) is 0 Å². The van der Waals surface area contributed by atoms with Crippen LogP contribution >= 0.6 is 0 Å². The number of anilines is 1. The summed E-state index contributed by atoms with van der Waals surface area (Å²) in [6, 6.07) is 45.2. The summed E-state index contributed by atoms with van der Waals surface area (Å²) in [6.45, 7) is 6.95. The van der Waals surface area contributed by atoms with E-state index in [2.05, 4.69) is 84.9 Å². The number of rotatable bonds is 7. The lowest BCUT2D eigenvalue weighted by Gasteiger charge is -2.31. The van der Waals surface area contributed by atoms with Crippen LogP contribution in [0.2, 0.25) is 0 Å². The second kappa shape index (κ2) is 16.4. The van der Waals surface area contributed by atoms with Gasteiger partial charge in [-0.2, -0.15) is 0 Å². The average Bonchev–Trinajstić information content (AvgIpc) is 3.04. The highest BCUT2D eigenvalue weighted by Crippen LogP contribution is 2.24. The summed E-state index contributed by atoms with van der Waals surface area (Å²) in [5, 5.41) is 18.2. The van der Waals surface area contributed by atoms with Crippen LogP contribution < -0.4 is 17.2 Å². The first kappa shape index (κ1) is 34.8. The lowest BCUT2D eigenvalue weighted by Crippen LogP contribution is -2.44. The maximum absolute atomic E-state index is 9.10. The van der Waals surface area contributed by atoms with E-state index in [0.717, 1.165) is 34.5 Å². The van der Waals surface area contributed by atoms with Gasteiger partial charge >= 0.3 is 0 Å². The summed E-state index contributed by atoms with van der Waals surface area (Å²) in [4.78, 5) is 0. The van der Waals surface area contributed by atoms with Gasteiger partial charge in [0.1, 0.15) is 0 Å². The number of benzene rings is 5. The monoisotopic (exact) mass is 601 g/mol. The smallest absolute Gasteiger partial charge is 0.0872 e. The molecule has 0 aliphatic heterocycles. The van der Waals surface area contributed by atoms with Crippen LogP contribution in [0.5, 0.6) is 0 Å². The normalized spacial score (nSPS) is 11.5. The van der Waals surface area contributed by atoms with Gasteiger partial charge in [-0.1, -0.05) is 127 Å². The Balaban J connectivity index is 0.000000283. The molecule has 0 heterocycles. The van der Waals surface area contributed by atoms with Crippen LogP contribution in [0.1, 0.15) is 44.4 Å². The minimum atomic E-state index is -1.01. The largest absolute Gasteiger partial charge is 0.399 e. The summed E-state index contributed by atoms with van der Waals surface area (Å²) >= 11 is 0. The van der Waals surface area contributed by atoms with Gasteiger partial charge in [-0.25, -0.2) is 0 Å². The molecule has 0 aliphatic carbocycles. The summed E-state index contributed by atoms with van der Waals surface area (Å²) in [7, 11) is 0. The zero-order valence-electron chi connectivity index (χ0n) is 26.8. The van der Waals surface area contributed by atoms with Crippen LogP contribution in [0.25, 0.3) is 28.0 Å². The van der Waals surface area contributed by atoms with Crippen molar-refractivity contribution in [1.82, 2.24) is 0 Å². The summed E-state index contributed by atoms with van der Waals surface area (Å²) in [6.07, 6.45) is 2.88. The Labute approximate surface area is 268 Å². The van der Waals surface area contributed by atoms with E-state index >= 15 is 0 Å². The third-order valence-corrected chi connectivity index (χ3v) is 7.63. The third-order valence-electron chi connectivity index (χ3n) is 7.63. The molecule has 5 heteroatoms. The molecule has 5 aromatic carbocycles. The van der Waals surface area contributed by atoms with E-state index in [1.54, 1.807) is 27.7 Å². The van der Waals surface area contributed by atoms with Gasteiger partial charge < -0.3 is 27.4 Å². The Morgan fingerprint density at radius 1 is 0.578 bits per heavy atom. The molecule has 5 nitrogen and oxygen atoms in total. The lowest BCUT2D eigenvalue weighted by atomic mass is 9.90. The maximum atomic E-state index is 9.10. The molecule has 0 saturated carbocycles. The van der Waals surface area contributed by atoms with Crippen molar-refractivity contribution in [2.75, 3.05) is 5.73 Å². The molecule has 0 saturated heterocycles. The molecular formula is C40H47N3O2. The summed E-state index contributed by atoms with van der Waals surface area (Å²) < 4.78 is 0. The van der Waals surface area contributed by atoms with Crippen molar-refractivity contribution in [2.45, 2.75) is 51.9 Å². The molecule has 0 spiro atoms. The molecule has 5 aromatic rings. The Kier molecular flexibility index (Phi) is 12.7. The highest BCUT2D eigenvalue weighted by atomic mass is 16.3. The molecule has 0 unspecified atom stereocenters. The van der Waals surface area contributed by atoms with Crippen molar-refractivity contribution in [1.29, 1.82) is 0 Å². The quantitative estimate of drug-likeness (QED) is 0.122. The molecule has 0 atom stereocenters. The van der Waals surface area contributed by atoms with Crippen molar-refractivity contribution in [3.63, 3.8) is 0 Å². The number of nitrogens with two attached hydrogens (primary N) is 3. The molecule has 5 rings (SSSR count). The number of allylic oxidation sites excluding steroid dienone is 1. The van der Waals surface area contributed by atoms with Crippen molar-refractivity contribution in [2.24, 2.45) is 11.5 Å². The molecule has 0 radical (unpaired) electrons. The van der Waals surface area contributed by atoms with Gasteiger partial charge in [-0.05, 0) is 85.2 Å². The van der Waals surface area contributed by atoms with Gasteiger partial charge in [-0.3, -0.25) is 0 Å². The fraction of sp³-hybridized carbons (Fsp3) is 0.200. The second-order valence-electron chi connectivity index (χ2n) is 11.9. The van der Waals surface area contributed by atoms with Crippen molar-refractivity contribution < 1.29 is 10.2 Å². The topological polar surface area (TPSA) is 119 Å². The first-order chi connectivity index (χ1) is 21.4. The molecule has 0 amide bonds. The summed E-state index contributed by atoms with van der Waals surface area (Å²) in [5.41, 5.74) is 25.2. The predicted octanol–water partition coefficient (Wildman–Crippen LogP) is 7.82. The van der Waals surface area contributed by atoms with Crippen LogP contribution in [0.4, 0.5) is 5.69 Å². The molecule has 8 N–H and O–H groups in total. The second-order valence-corrected chi connectivity index (χ2v) is 11.9. The van der Waals surface area contributed by atoms with Crippen LogP contribution in [0.3, 0.4) is 0 Å². The van der Waals surface area contributed by atoms with Crippen LogP contribution in [0.15, 0.2) is 140 Å². The number of nitrogen functional groups attached to an aromatic ring is 1. The highest BCUT2D eigenvalue weighted by molar-refractivity contribution is 5.71. The van der Waals surface area contributed by atoms with E-state index in [0.29, 0.717) is 6.54 Å². The average molecular weight is 602 g/mol. The van der Waals surface area contributed by atoms with E-state index in [1.165, 1.54) is 22.3 Å². The minimum absolute atomic E-state index is 0.640. The van der Waals surface area contributed by atoms with Crippen molar-refractivity contribution >= 4 is 11.4 Å². The predicted molar refractivity (Wildman–Crippen MR) is 191 cm³/mol. The highest BCUT2D eigenvalue weighted by Gasteiger charge is 2.31. The molecule has 0 aliphatic rings. The van der Waals surface area contributed by atoms with Gasteiger partial charge in [0.15, 0.2) is 0 Å². The van der Waals surface area contributed by atoms with Gasteiger partial charge in [0.2, 0.25) is 0 Å². The zero-order chi connectivity index (χ0) is 32.9. The Hall–Kier alpha value is -4.68. The molecule has 234 valence electrons. The molecule has 0 fully saturated rings. The molecule has 45 heavy (non-hydrogen) atoms. The molecular weight excluding hydrogens is 554 g/mol. The number of hydrogen-bond acceptors (Lipinski definition) is 5. The first-order valence-electron chi connectivity index (χ1n) is 15.1. The Bertz CT molecular complexity index is 1590. The van der Waals surface area contributed by atoms with Gasteiger partial charge in [0.25, 0.3) is 0 Å². The molecule has 0 bridgehead atoms. The first-order valence-corrected chi connectivity index (χ1v) is 15.1. The Morgan fingerprint density at radius 2 is 1.04 bits per heavy atom. The van der Waals surface area contributed by atoms with Crippen molar-refractivity contribution in [3.8, 4) is 22.3 Å². The van der Waals surface area contributed by atoms with Gasteiger partial charge in [-0.15, -0.1) is 0 Å². The van der Waals surface area contributed by atoms with Crippen LogP contribution in [-0.2, 0) is 13.0 Å². The van der Waals surface area contributed by atoms with Crippen LogP contribution in [0, 0.1) is 0 Å². The lowest BCUT2D eigenvalue weighted by molar-refractivity contribution is -0.107. The Morgan fingerprint density at radius 3 is 1.53 bits per heavy atom. The summed E-state index contributed by atoms with van der Waals surface area (Å²) in [5.74, 6) is 0. The van der Waals surface area contributed by atoms with Gasteiger partial charge in [0, 0.05) is 17.9 Å².